The topological polar surface area (TPSA) is 127 Å². The fraction of sp³-hybridized carbons (Fsp3) is 0.923. The van der Waals surface area contributed by atoms with Gasteiger partial charge >= 0.3 is 47.5 Å². The second-order valence-corrected chi connectivity index (χ2v) is 28.4. The number of aliphatic hydroxyl groups excluding tert-OH is 1. The minimum absolute atomic E-state index is 0. The molecule has 0 aromatic heterocycles. The summed E-state index contributed by atoms with van der Waals surface area (Å²) in [4.78, 5) is 35.6. The summed E-state index contributed by atoms with van der Waals surface area (Å²) in [7, 11) is -2.35. The van der Waals surface area contributed by atoms with Gasteiger partial charge in [0.05, 0.1) is 20.0 Å². The van der Waals surface area contributed by atoms with Gasteiger partial charge < -0.3 is 34.3 Å². The molecule has 1 N–H and O–H groups in total. The first-order chi connectivity index (χ1) is 23.0. The van der Waals surface area contributed by atoms with E-state index >= 15 is 0 Å². The molecule has 10 nitrogen and oxygen atoms in total. The van der Waals surface area contributed by atoms with E-state index in [4.69, 9.17) is 32.9 Å². The molecular formula is C39H85BNaO10S2Si2. The zero-order valence-corrected chi connectivity index (χ0v) is 44.5. The van der Waals surface area contributed by atoms with Gasteiger partial charge in [0.1, 0.15) is 11.2 Å². The van der Waals surface area contributed by atoms with Crippen molar-refractivity contribution in [2.75, 3.05) is 40.1 Å². The maximum absolute atomic E-state index is 12.1. The van der Waals surface area contributed by atoms with Crippen LogP contribution >= 0.6 is 27.0 Å². The quantitative estimate of drug-likeness (QED) is 0.109. The van der Waals surface area contributed by atoms with Crippen LogP contribution in [-0.2, 0) is 42.2 Å². The number of rotatable bonds is 16. The first-order valence-corrected chi connectivity index (χ1v) is 24.7. The van der Waals surface area contributed by atoms with Crippen LogP contribution in [0.5, 0.6) is 0 Å². The van der Waals surface area contributed by atoms with Crippen molar-refractivity contribution < 1.29 is 78.3 Å². The van der Waals surface area contributed by atoms with Gasteiger partial charge in [-0.15, -0.1) is 0 Å². The molecule has 1 aliphatic heterocycles. The van der Waals surface area contributed by atoms with Gasteiger partial charge in [-0.25, -0.2) is 0 Å². The SMILES string of the molecule is C1CCOC1.CC(C)(C)OC(=O)C[C@@H](CCCO)CO[Si](C)(C)C(C)(C)C.COC(=O)CC[C@@H](CO[Si](C)(C)C(C)(C)C)CC(=O)OC(C)(C)C.S.S.[B].[H-].[Na+]. The van der Waals surface area contributed by atoms with E-state index < -0.39 is 27.8 Å². The van der Waals surface area contributed by atoms with Crippen molar-refractivity contribution in [3.63, 3.8) is 0 Å². The maximum atomic E-state index is 12.1. The molecule has 0 aromatic carbocycles. The summed E-state index contributed by atoms with van der Waals surface area (Å²) in [5.74, 6) is -0.647. The fourth-order valence-electron chi connectivity index (χ4n) is 4.13. The van der Waals surface area contributed by atoms with Crippen molar-refractivity contribution in [3.05, 3.63) is 0 Å². The molecule has 0 bridgehead atoms. The van der Waals surface area contributed by atoms with Crippen LogP contribution in [0.4, 0.5) is 0 Å². The number of carbonyl (C=O) groups is 3. The third-order valence-electron chi connectivity index (χ3n) is 9.31. The van der Waals surface area contributed by atoms with E-state index in [1.807, 2.05) is 41.5 Å². The molecule has 0 amide bonds. The van der Waals surface area contributed by atoms with E-state index in [1.165, 1.54) is 20.0 Å². The summed E-state index contributed by atoms with van der Waals surface area (Å²) in [5.41, 5.74) is -0.969. The van der Waals surface area contributed by atoms with Crippen LogP contribution in [0, 0.1) is 11.8 Å². The largest absolute Gasteiger partial charge is 1.00 e. The summed E-state index contributed by atoms with van der Waals surface area (Å²) in [5, 5.41) is 9.30. The Morgan fingerprint density at radius 1 is 0.673 bits per heavy atom. The molecule has 3 radical (unpaired) electrons. The van der Waals surface area contributed by atoms with Gasteiger partial charge in [0.2, 0.25) is 0 Å². The summed E-state index contributed by atoms with van der Waals surface area (Å²) >= 11 is 0. The van der Waals surface area contributed by atoms with Gasteiger partial charge in [0.15, 0.2) is 16.6 Å². The minimum atomic E-state index is -1.90. The van der Waals surface area contributed by atoms with E-state index in [0.29, 0.717) is 32.5 Å². The van der Waals surface area contributed by atoms with Crippen molar-refractivity contribution in [1.29, 1.82) is 0 Å². The molecule has 1 saturated heterocycles. The standard InChI is InChI=1S/C18H36O5Si.C17H36O4Si.C4H8O.B.Na.2H2S.H/c1-17(2,3)23-16(20)12-14(10-11-15(19)21-7)13-22-24(8,9)18(4,5)6;1-16(2,3)21-15(19)12-14(10-9-11-18)13-20-22(7,8)17(4,5)6;1-2-4-5-3-1;;;;;/h14H,10-13H2,1-9H3;14,18H,9-13H2,1-8H3;1-4H2;;;2*1H2;/q;;;;+1;;;-1/t2*14-;;;;;;/m11....../s1. The van der Waals surface area contributed by atoms with Crippen molar-refractivity contribution in [1.82, 2.24) is 0 Å². The van der Waals surface area contributed by atoms with E-state index in [1.54, 1.807) is 0 Å². The van der Waals surface area contributed by atoms with Crippen molar-refractivity contribution >= 4 is 69.9 Å². The number of esters is 3. The second kappa shape index (κ2) is 31.3. The van der Waals surface area contributed by atoms with Crippen molar-refractivity contribution in [2.45, 2.75) is 182 Å². The maximum Gasteiger partial charge on any atom is 1.00 e. The van der Waals surface area contributed by atoms with Crippen LogP contribution in [0.25, 0.3) is 0 Å². The van der Waals surface area contributed by atoms with Crippen molar-refractivity contribution in [2.24, 2.45) is 11.8 Å². The molecule has 1 fully saturated rings. The van der Waals surface area contributed by atoms with Gasteiger partial charge in [-0.3, -0.25) is 14.4 Å². The number of hydrogen-bond donors (Lipinski definition) is 1. The average molecular weight is 868 g/mol. The fourth-order valence-corrected chi connectivity index (χ4v) is 6.30. The molecule has 325 valence electrons. The van der Waals surface area contributed by atoms with Crippen LogP contribution in [0.1, 0.15) is 136 Å². The molecule has 0 spiro atoms. The molecule has 0 aromatic rings. The van der Waals surface area contributed by atoms with Gasteiger partial charge in [-0.1, -0.05) is 41.5 Å². The Morgan fingerprint density at radius 3 is 1.27 bits per heavy atom. The van der Waals surface area contributed by atoms with Crippen LogP contribution in [0.2, 0.25) is 36.3 Å². The Bertz CT molecular complexity index is 1010. The summed E-state index contributed by atoms with van der Waals surface area (Å²) in [6.07, 6.45) is 5.47. The molecule has 0 unspecified atom stereocenters. The Balaban J connectivity index is -0.000000141. The second-order valence-electron chi connectivity index (χ2n) is 18.8. The molecule has 16 heteroatoms. The van der Waals surface area contributed by atoms with Crippen molar-refractivity contribution in [3.8, 4) is 0 Å². The van der Waals surface area contributed by atoms with E-state index in [9.17, 15) is 14.4 Å². The first kappa shape index (κ1) is 67.2. The predicted molar refractivity (Wildman–Crippen MR) is 239 cm³/mol. The number of ether oxygens (including phenoxy) is 4. The predicted octanol–water partition coefficient (Wildman–Crippen LogP) is 6.20. The molecule has 55 heavy (non-hydrogen) atoms. The zero-order chi connectivity index (χ0) is 40.3. The Morgan fingerprint density at radius 2 is 1.02 bits per heavy atom. The average Bonchev–Trinajstić information content (AvgIpc) is 3.53. The molecule has 1 rings (SSSR count). The summed E-state index contributed by atoms with van der Waals surface area (Å²) in [6.45, 7) is 36.3. The summed E-state index contributed by atoms with van der Waals surface area (Å²) < 4.78 is 32.9. The third kappa shape index (κ3) is 36.1. The molecule has 0 saturated carbocycles. The zero-order valence-electron chi connectivity index (χ0n) is 39.5. The Labute approximate surface area is 379 Å². The molecule has 1 aliphatic rings. The van der Waals surface area contributed by atoms with Gasteiger partial charge in [-0.2, -0.15) is 27.0 Å². The number of methoxy groups -OCH3 is 1. The Kier molecular flexibility index (Phi) is 38.3. The third-order valence-corrected chi connectivity index (χ3v) is 18.3. The summed E-state index contributed by atoms with van der Waals surface area (Å²) in [6, 6.07) is 0. The smallest absolute Gasteiger partial charge is 1.00 e. The number of aliphatic hydroxyl groups is 1. The van der Waals surface area contributed by atoms with E-state index in [0.717, 1.165) is 19.6 Å². The van der Waals surface area contributed by atoms with Gasteiger partial charge in [0.25, 0.3) is 0 Å². The Hall–Kier alpha value is 0.449. The first-order valence-electron chi connectivity index (χ1n) is 18.9. The van der Waals surface area contributed by atoms with Gasteiger partial charge in [-0.05, 0) is 122 Å². The number of hydrogen-bond acceptors (Lipinski definition) is 10. The molecular weight excluding hydrogens is 783 g/mol. The molecule has 2 atom stereocenters. The van der Waals surface area contributed by atoms with E-state index in [2.05, 4.69) is 67.7 Å². The van der Waals surface area contributed by atoms with E-state index in [-0.39, 0.29) is 126 Å². The minimum Gasteiger partial charge on any atom is -1.00 e. The normalized spacial score (nSPS) is 14.3. The molecule has 1 heterocycles. The molecule has 0 aliphatic carbocycles. The monoisotopic (exact) mass is 868 g/mol. The van der Waals surface area contributed by atoms with Crippen LogP contribution in [-0.4, -0.2) is 99.4 Å². The van der Waals surface area contributed by atoms with Crippen LogP contribution < -0.4 is 29.6 Å². The van der Waals surface area contributed by atoms with Gasteiger partial charge in [0, 0.05) is 47.9 Å². The van der Waals surface area contributed by atoms with Crippen LogP contribution in [0.3, 0.4) is 0 Å². The van der Waals surface area contributed by atoms with Crippen LogP contribution in [0.15, 0.2) is 0 Å². The number of carbonyl (C=O) groups excluding carboxylic acids is 3.